The van der Waals surface area contributed by atoms with Gasteiger partial charge in [0.05, 0.1) is 5.69 Å². The standard InChI is InChI=1S/C14H26N2S/c1-10(2)11(3)7-15-8-13-16-12(9-17-13)14(4,5)6/h9-11,15H,7-8H2,1-6H3. The summed E-state index contributed by atoms with van der Waals surface area (Å²) < 4.78 is 0. The predicted octanol–water partition coefficient (Wildman–Crippen LogP) is 3.82. The Morgan fingerprint density at radius 1 is 1.29 bits per heavy atom. The molecule has 2 nitrogen and oxygen atoms in total. The minimum absolute atomic E-state index is 0.167. The highest BCUT2D eigenvalue weighted by Gasteiger charge is 2.17. The fourth-order valence-electron chi connectivity index (χ4n) is 1.38. The number of nitrogens with one attached hydrogen (secondary N) is 1. The van der Waals surface area contributed by atoms with Crippen LogP contribution in [0.1, 0.15) is 52.2 Å². The molecule has 1 aromatic rings. The quantitative estimate of drug-likeness (QED) is 0.864. The van der Waals surface area contributed by atoms with Gasteiger partial charge >= 0.3 is 0 Å². The van der Waals surface area contributed by atoms with E-state index in [1.165, 1.54) is 10.7 Å². The van der Waals surface area contributed by atoms with Gasteiger partial charge in [-0.15, -0.1) is 11.3 Å². The maximum absolute atomic E-state index is 4.68. The lowest BCUT2D eigenvalue weighted by Gasteiger charge is -2.16. The summed E-state index contributed by atoms with van der Waals surface area (Å²) in [6, 6.07) is 0. The van der Waals surface area contributed by atoms with Crippen LogP contribution in [0.3, 0.4) is 0 Å². The molecule has 1 unspecified atom stereocenters. The lowest BCUT2D eigenvalue weighted by Crippen LogP contribution is -2.23. The topological polar surface area (TPSA) is 24.9 Å². The van der Waals surface area contributed by atoms with Gasteiger partial charge in [-0.05, 0) is 18.4 Å². The molecule has 0 radical (unpaired) electrons. The molecule has 0 spiro atoms. The fourth-order valence-corrected chi connectivity index (χ4v) is 2.37. The van der Waals surface area contributed by atoms with Crippen LogP contribution in [0.15, 0.2) is 5.38 Å². The Bertz CT molecular complexity index is 336. The molecular weight excluding hydrogens is 228 g/mol. The predicted molar refractivity (Wildman–Crippen MR) is 76.5 cm³/mol. The van der Waals surface area contributed by atoms with Crippen LogP contribution in [0.25, 0.3) is 0 Å². The van der Waals surface area contributed by atoms with Crippen LogP contribution in [0.4, 0.5) is 0 Å². The van der Waals surface area contributed by atoms with Gasteiger partial charge in [-0.3, -0.25) is 0 Å². The van der Waals surface area contributed by atoms with Gasteiger partial charge in [0.1, 0.15) is 5.01 Å². The van der Waals surface area contributed by atoms with Crippen LogP contribution in [-0.4, -0.2) is 11.5 Å². The van der Waals surface area contributed by atoms with Crippen molar-refractivity contribution in [2.45, 2.75) is 53.5 Å². The first-order valence-electron chi connectivity index (χ1n) is 6.46. The van der Waals surface area contributed by atoms with Crippen molar-refractivity contribution in [1.29, 1.82) is 0 Å². The summed E-state index contributed by atoms with van der Waals surface area (Å²) in [4.78, 5) is 4.68. The van der Waals surface area contributed by atoms with Crippen molar-refractivity contribution < 1.29 is 0 Å². The molecule has 98 valence electrons. The summed E-state index contributed by atoms with van der Waals surface area (Å²) in [5, 5.41) is 6.88. The number of thiazole rings is 1. The highest BCUT2D eigenvalue weighted by molar-refractivity contribution is 7.09. The molecule has 0 bridgehead atoms. The van der Waals surface area contributed by atoms with Gasteiger partial charge in [0.15, 0.2) is 0 Å². The third-order valence-corrected chi connectivity index (χ3v) is 4.05. The zero-order valence-electron chi connectivity index (χ0n) is 12.0. The summed E-state index contributed by atoms with van der Waals surface area (Å²) in [6.45, 7) is 15.4. The second-order valence-electron chi connectivity index (χ2n) is 6.23. The van der Waals surface area contributed by atoms with E-state index in [-0.39, 0.29) is 5.41 Å². The van der Waals surface area contributed by atoms with Gasteiger partial charge in [0, 0.05) is 17.3 Å². The van der Waals surface area contributed by atoms with Crippen molar-refractivity contribution in [1.82, 2.24) is 10.3 Å². The Labute approximate surface area is 110 Å². The van der Waals surface area contributed by atoms with Gasteiger partial charge in [-0.2, -0.15) is 0 Å². The van der Waals surface area contributed by atoms with E-state index in [9.17, 15) is 0 Å². The number of hydrogen-bond acceptors (Lipinski definition) is 3. The molecule has 0 fully saturated rings. The number of rotatable bonds is 5. The van der Waals surface area contributed by atoms with E-state index in [1.807, 2.05) is 0 Å². The minimum Gasteiger partial charge on any atom is -0.310 e. The molecule has 17 heavy (non-hydrogen) atoms. The Balaban J connectivity index is 2.41. The molecule has 0 aliphatic carbocycles. The molecule has 1 rings (SSSR count). The second-order valence-corrected chi connectivity index (χ2v) is 7.17. The van der Waals surface area contributed by atoms with Crippen LogP contribution < -0.4 is 5.32 Å². The molecule has 0 aliphatic rings. The molecule has 0 saturated heterocycles. The largest absolute Gasteiger partial charge is 0.310 e. The van der Waals surface area contributed by atoms with Crippen LogP contribution >= 0.6 is 11.3 Å². The Morgan fingerprint density at radius 3 is 2.41 bits per heavy atom. The van der Waals surface area contributed by atoms with Crippen molar-refractivity contribution in [3.05, 3.63) is 16.1 Å². The summed E-state index contributed by atoms with van der Waals surface area (Å²) in [7, 11) is 0. The summed E-state index contributed by atoms with van der Waals surface area (Å²) in [5.74, 6) is 1.46. The lowest BCUT2D eigenvalue weighted by molar-refractivity contribution is 0.392. The van der Waals surface area contributed by atoms with Gasteiger partial charge in [0.2, 0.25) is 0 Å². The summed E-state index contributed by atoms with van der Waals surface area (Å²) >= 11 is 1.76. The Kier molecular flexibility index (Phi) is 5.14. The molecular formula is C14H26N2S. The minimum atomic E-state index is 0.167. The molecule has 0 aromatic carbocycles. The van der Waals surface area contributed by atoms with E-state index in [1.54, 1.807) is 11.3 Å². The number of nitrogens with zero attached hydrogens (tertiary/aromatic N) is 1. The van der Waals surface area contributed by atoms with Crippen LogP contribution in [0.5, 0.6) is 0 Å². The SMILES string of the molecule is CC(C)C(C)CNCc1nc(C(C)(C)C)cs1. The molecule has 1 aromatic heterocycles. The van der Waals surface area contributed by atoms with Crippen molar-refractivity contribution >= 4 is 11.3 Å². The van der Waals surface area contributed by atoms with E-state index in [0.29, 0.717) is 0 Å². The van der Waals surface area contributed by atoms with Gasteiger partial charge in [0.25, 0.3) is 0 Å². The van der Waals surface area contributed by atoms with E-state index in [2.05, 4.69) is 57.2 Å². The van der Waals surface area contributed by atoms with E-state index >= 15 is 0 Å². The van der Waals surface area contributed by atoms with Gasteiger partial charge < -0.3 is 5.32 Å². The molecule has 1 heterocycles. The smallest absolute Gasteiger partial charge is 0.107 e. The third-order valence-electron chi connectivity index (χ3n) is 3.20. The molecule has 0 saturated carbocycles. The first-order chi connectivity index (χ1) is 7.80. The zero-order chi connectivity index (χ0) is 13.1. The van der Waals surface area contributed by atoms with E-state index < -0.39 is 0 Å². The van der Waals surface area contributed by atoms with E-state index in [4.69, 9.17) is 0 Å². The Morgan fingerprint density at radius 2 is 1.94 bits per heavy atom. The zero-order valence-corrected chi connectivity index (χ0v) is 12.8. The van der Waals surface area contributed by atoms with Crippen molar-refractivity contribution in [2.75, 3.05) is 6.54 Å². The summed E-state index contributed by atoms with van der Waals surface area (Å²) in [6.07, 6.45) is 0. The Hall–Kier alpha value is -0.410. The second kappa shape index (κ2) is 5.96. The van der Waals surface area contributed by atoms with Gasteiger partial charge in [-0.25, -0.2) is 4.98 Å². The van der Waals surface area contributed by atoms with Gasteiger partial charge in [-0.1, -0.05) is 41.5 Å². The van der Waals surface area contributed by atoms with Crippen molar-refractivity contribution in [2.24, 2.45) is 11.8 Å². The molecule has 0 amide bonds. The highest BCUT2D eigenvalue weighted by atomic mass is 32.1. The first-order valence-corrected chi connectivity index (χ1v) is 7.34. The molecule has 1 N–H and O–H groups in total. The van der Waals surface area contributed by atoms with Crippen LogP contribution in [-0.2, 0) is 12.0 Å². The summed E-state index contributed by atoms with van der Waals surface area (Å²) in [5.41, 5.74) is 1.37. The first kappa shape index (κ1) is 14.7. The molecule has 1 atom stereocenters. The lowest BCUT2D eigenvalue weighted by atomic mass is 9.93. The molecule has 0 aliphatic heterocycles. The normalized spacial score (nSPS) is 14.3. The fraction of sp³-hybridized carbons (Fsp3) is 0.786. The molecule has 3 heteroatoms. The maximum Gasteiger partial charge on any atom is 0.107 e. The number of aromatic nitrogens is 1. The average molecular weight is 254 g/mol. The van der Waals surface area contributed by atoms with Crippen LogP contribution in [0, 0.1) is 11.8 Å². The van der Waals surface area contributed by atoms with Crippen molar-refractivity contribution in [3.63, 3.8) is 0 Å². The van der Waals surface area contributed by atoms with Crippen LogP contribution in [0.2, 0.25) is 0 Å². The maximum atomic E-state index is 4.68. The highest BCUT2D eigenvalue weighted by Crippen LogP contribution is 2.23. The monoisotopic (exact) mass is 254 g/mol. The van der Waals surface area contributed by atoms with Crippen molar-refractivity contribution in [3.8, 4) is 0 Å². The third kappa shape index (κ3) is 4.76. The average Bonchev–Trinajstić information content (AvgIpc) is 2.65. The number of hydrogen-bond donors (Lipinski definition) is 1. The van der Waals surface area contributed by atoms with E-state index in [0.717, 1.165) is 24.9 Å².